The van der Waals surface area contributed by atoms with Crippen molar-refractivity contribution in [3.63, 3.8) is 0 Å². The maximum absolute atomic E-state index is 11.2. The van der Waals surface area contributed by atoms with Crippen LogP contribution in [0, 0.1) is 12.3 Å². The molecule has 66 valence electrons. The van der Waals surface area contributed by atoms with Crippen LogP contribution in [0.4, 0.5) is 0 Å². The second-order valence-electron chi connectivity index (χ2n) is 3.30. The van der Waals surface area contributed by atoms with E-state index in [0.717, 1.165) is 19.4 Å². The van der Waals surface area contributed by atoms with Gasteiger partial charge in [-0.2, -0.15) is 0 Å². The molecule has 0 aromatic rings. The summed E-state index contributed by atoms with van der Waals surface area (Å²) < 4.78 is 0. The number of likely N-dealkylation sites (tertiary alicyclic amines) is 1. The van der Waals surface area contributed by atoms with Crippen molar-refractivity contribution < 1.29 is 4.79 Å². The van der Waals surface area contributed by atoms with Gasteiger partial charge in [-0.05, 0) is 26.3 Å². The van der Waals surface area contributed by atoms with Crippen LogP contribution in [-0.2, 0) is 4.79 Å². The second-order valence-corrected chi connectivity index (χ2v) is 3.30. The first-order valence-corrected chi connectivity index (χ1v) is 4.43. The van der Waals surface area contributed by atoms with E-state index in [2.05, 4.69) is 10.8 Å². The molecule has 2 heteroatoms. The van der Waals surface area contributed by atoms with Gasteiger partial charge in [-0.1, -0.05) is 12.3 Å². The Kier molecular flexibility index (Phi) is 3.31. The Hall–Kier alpha value is -0.810. The molecule has 1 unspecified atom stereocenters. The van der Waals surface area contributed by atoms with Crippen LogP contribution in [0.1, 0.15) is 26.2 Å². The number of rotatable bonds is 2. The normalized spacial score (nSPS) is 24.8. The maximum atomic E-state index is 11.2. The standard InChI is InChI=1S/C10H15NO/c1-3-7-11-8-5-4-6-10(11)9(2)12/h1,10H,4-8H2,2H3. The van der Waals surface area contributed by atoms with Gasteiger partial charge >= 0.3 is 0 Å². The molecule has 0 saturated carbocycles. The van der Waals surface area contributed by atoms with Gasteiger partial charge in [0.1, 0.15) is 5.78 Å². The number of nitrogens with zero attached hydrogens (tertiary/aromatic N) is 1. The molecule has 12 heavy (non-hydrogen) atoms. The Morgan fingerprint density at radius 1 is 1.67 bits per heavy atom. The van der Waals surface area contributed by atoms with Crippen molar-refractivity contribution in [2.24, 2.45) is 0 Å². The number of carbonyl (C=O) groups excluding carboxylic acids is 1. The lowest BCUT2D eigenvalue weighted by molar-refractivity contribution is -0.123. The van der Waals surface area contributed by atoms with Crippen LogP contribution in [0.15, 0.2) is 0 Å². The van der Waals surface area contributed by atoms with Crippen LogP contribution < -0.4 is 0 Å². The fraction of sp³-hybridized carbons (Fsp3) is 0.700. The van der Waals surface area contributed by atoms with Gasteiger partial charge in [0, 0.05) is 0 Å². The van der Waals surface area contributed by atoms with E-state index >= 15 is 0 Å². The van der Waals surface area contributed by atoms with Crippen molar-refractivity contribution in [1.82, 2.24) is 4.90 Å². The third kappa shape index (κ3) is 2.09. The van der Waals surface area contributed by atoms with E-state index in [1.807, 2.05) is 0 Å². The number of carbonyl (C=O) groups is 1. The quantitative estimate of drug-likeness (QED) is 0.570. The zero-order chi connectivity index (χ0) is 8.97. The fourth-order valence-electron chi connectivity index (χ4n) is 1.76. The van der Waals surface area contributed by atoms with E-state index in [1.165, 1.54) is 6.42 Å². The van der Waals surface area contributed by atoms with Crippen LogP contribution in [0.2, 0.25) is 0 Å². The van der Waals surface area contributed by atoms with Crippen molar-refractivity contribution in [2.75, 3.05) is 13.1 Å². The third-order valence-corrected chi connectivity index (χ3v) is 2.38. The van der Waals surface area contributed by atoms with E-state index in [1.54, 1.807) is 6.92 Å². The molecule has 0 aromatic heterocycles. The van der Waals surface area contributed by atoms with E-state index in [0.29, 0.717) is 6.54 Å². The van der Waals surface area contributed by atoms with Crippen molar-refractivity contribution in [3.8, 4) is 12.3 Å². The molecule has 0 amide bonds. The minimum absolute atomic E-state index is 0.0924. The minimum atomic E-state index is 0.0924. The van der Waals surface area contributed by atoms with Crippen LogP contribution in [0.25, 0.3) is 0 Å². The van der Waals surface area contributed by atoms with Crippen LogP contribution in [0.3, 0.4) is 0 Å². The average Bonchev–Trinajstić information content (AvgIpc) is 2.05. The summed E-state index contributed by atoms with van der Waals surface area (Å²) in [6.07, 6.45) is 8.53. The first kappa shape index (κ1) is 9.28. The highest BCUT2D eigenvalue weighted by atomic mass is 16.1. The molecular formula is C10H15NO. The summed E-state index contributed by atoms with van der Waals surface area (Å²) in [6.45, 7) is 3.25. The van der Waals surface area contributed by atoms with Crippen molar-refractivity contribution in [2.45, 2.75) is 32.2 Å². The monoisotopic (exact) mass is 165 g/mol. The lowest BCUT2D eigenvalue weighted by Gasteiger charge is -2.32. The van der Waals surface area contributed by atoms with E-state index < -0.39 is 0 Å². The number of Topliss-reactive ketones (excluding diaryl/α,β-unsaturated/α-hetero) is 1. The van der Waals surface area contributed by atoms with Gasteiger partial charge in [0.25, 0.3) is 0 Å². The molecular weight excluding hydrogens is 150 g/mol. The number of terminal acetylenes is 1. The second kappa shape index (κ2) is 4.27. The summed E-state index contributed by atoms with van der Waals surface area (Å²) >= 11 is 0. The van der Waals surface area contributed by atoms with Crippen LogP contribution in [-0.4, -0.2) is 29.8 Å². The summed E-state index contributed by atoms with van der Waals surface area (Å²) in [7, 11) is 0. The zero-order valence-corrected chi connectivity index (χ0v) is 7.55. The Labute approximate surface area is 73.9 Å². The van der Waals surface area contributed by atoms with E-state index in [4.69, 9.17) is 6.42 Å². The molecule has 1 atom stereocenters. The van der Waals surface area contributed by atoms with Gasteiger partial charge in [-0.25, -0.2) is 0 Å². The van der Waals surface area contributed by atoms with Gasteiger partial charge in [-0.3, -0.25) is 9.69 Å². The highest BCUT2D eigenvalue weighted by Crippen LogP contribution is 2.16. The van der Waals surface area contributed by atoms with Crippen molar-refractivity contribution >= 4 is 5.78 Å². The predicted molar refractivity (Wildman–Crippen MR) is 48.7 cm³/mol. The van der Waals surface area contributed by atoms with Crippen LogP contribution >= 0.6 is 0 Å². The number of hydrogen-bond donors (Lipinski definition) is 0. The Balaban J connectivity index is 2.55. The van der Waals surface area contributed by atoms with E-state index in [9.17, 15) is 4.79 Å². The molecule has 0 aromatic carbocycles. The van der Waals surface area contributed by atoms with Gasteiger partial charge in [0.15, 0.2) is 0 Å². The van der Waals surface area contributed by atoms with Crippen molar-refractivity contribution in [3.05, 3.63) is 0 Å². The smallest absolute Gasteiger partial charge is 0.146 e. The van der Waals surface area contributed by atoms with Gasteiger partial charge in [0.2, 0.25) is 0 Å². The molecule has 1 rings (SSSR count). The Morgan fingerprint density at radius 2 is 2.42 bits per heavy atom. The fourth-order valence-corrected chi connectivity index (χ4v) is 1.76. The molecule has 1 aliphatic rings. The van der Waals surface area contributed by atoms with E-state index in [-0.39, 0.29) is 11.8 Å². The number of hydrogen-bond acceptors (Lipinski definition) is 2. The molecule has 2 nitrogen and oxygen atoms in total. The van der Waals surface area contributed by atoms with Crippen LogP contribution in [0.5, 0.6) is 0 Å². The third-order valence-electron chi connectivity index (χ3n) is 2.38. The molecule has 1 aliphatic heterocycles. The lowest BCUT2D eigenvalue weighted by atomic mass is 9.99. The summed E-state index contributed by atoms with van der Waals surface area (Å²) in [5.41, 5.74) is 0. The number of piperidine rings is 1. The number of ketones is 1. The lowest BCUT2D eigenvalue weighted by Crippen LogP contribution is -2.43. The SMILES string of the molecule is C#CCN1CCCCC1C(C)=O. The molecule has 1 saturated heterocycles. The van der Waals surface area contributed by atoms with Gasteiger partial charge in [-0.15, -0.1) is 6.42 Å². The predicted octanol–water partition coefficient (Wildman–Crippen LogP) is 1.06. The molecule has 0 aliphatic carbocycles. The molecule has 0 bridgehead atoms. The summed E-state index contributed by atoms with van der Waals surface area (Å²) in [6, 6.07) is 0.0924. The Morgan fingerprint density at radius 3 is 3.00 bits per heavy atom. The summed E-state index contributed by atoms with van der Waals surface area (Å²) in [5.74, 6) is 2.85. The first-order chi connectivity index (χ1) is 5.75. The van der Waals surface area contributed by atoms with Crippen molar-refractivity contribution in [1.29, 1.82) is 0 Å². The topological polar surface area (TPSA) is 20.3 Å². The molecule has 1 fully saturated rings. The maximum Gasteiger partial charge on any atom is 0.146 e. The summed E-state index contributed by atoms with van der Waals surface area (Å²) in [4.78, 5) is 13.3. The van der Waals surface area contributed by atoms with Gasteiger partial charge < -0.3 is 0 Å². The average molecular weight is 165 g/mol. The summed E-state index contributed by atoms with van der Waals surface area (Å²) in [5, 5.41) is 0. The molecule has 0 radical (unpaired) electrons. The highest BCUT2D eigenvalue weighted by molar-refractivity contribution is 5.81. The molecule has 0 spiro atoms. The highest BCUT2D eigenvalue weighted by Gasteiger charge is 2.24. The Bertz CT molecular complexity index is 204. The molecule has 1 heterocycles. The molecule has 0 N–H and O–H groups in total. The van der Waals surface area contributed by atoms with Gasteiger partial charge in [0.05, 0.1) is 12.6 Å². The minimum Gasteiger partial charge on any atom is -0.298 e. The largest absolute Gasteiger partial charge is 0.298 e. The zero-order valence-electron chi connectivity index (χ0n) is 7.55. The first-order valence-electron chi connectivity index (χ1n) is 4.43.